The van der Waals surface area contributed by atoms with Crippen LogP contribution in [0, 0.1) is 40.2 Å². The SMILES string of the molecule is Cc1cccc(C(=O)OCC(=O)C23CC4CC(CC(C4)C2)C3)c1[N+](=O)[O-]. The van der Waals surface area contributed by atoms with Crippen LogP contribution >= 0.6 is 0 Å². The van der Waals surface area contributed by atoms with Gasteiger partial charge < -0.3 is 4.74 Å². The molecule has 4 saturated carbocycles. The maximum Gasteiger partial charge on any atom is 0.345 e. The summed E-state index contributed by atoms with van der Waals surface area (Å²) in [7, 11) is 0. The van der Waals surface area contributed by atoms with Crippen molar-refractivity contribution in [3.63, 3.8) is 0 Å². The van der Waals surface area contributed by atoms with Gasteiger partial charge in [-0.15, -0.1) is 0 Å². The Morgan fingerprint density at radius 3 is 2.27 bits per heavy atom. The molecular weight excluding hydrogens is 334 g/mol. The number of ketones is 1. The summed E-state index contributed by atoms with van der Waals surface area (Å²) in [6.45, 7) is 1.30. The monoisotopic (exact) mass is 357 g/mol. The maximum absolute atomic E-state index is 12.9. The fourth-order valence-corrected chi connectivity index (χ4v) is 5.88. The number of benzene rings is 1. The number of Topliss-reactive ketones (excluding diaryl/α,β-unsaturated/α-hetero) is 1. The number of ether oxygens (including phenoxy) is 1. The van der Waals surface area contributed by atoms with Crippen molar-refractivity contribution in [3.8, 4) is 0 Å². The maximum atomic E-state index is 12.9. The van der Waals surface area contributed by atoms with Gasteiger partial charge in [-0.25, -0.2) is 4.79 Å². The van der Waals surface area contributed by atoms with Gasteiger partial charge in [-0.05, 0) is 69.3 Å². The van der Waals surface area contributed by atoms with Gasteiger partial charge in [0.2, 0.25) is 0 Å². The van der Waals surface area contributed by atoms with E-state index in [4.69, 9.17) is 4.74 Å². The van der Waals surface area contributed by atoms with E-state index in [1.54, 1.807) is 19.1 Å². The van der Waals surface area contributed by atoms with Crippen molar-refractivity contribution in [2.45, 2.75) is 45.4 Å². The second kappa shape index (κ2) is 6.18. The Hall–Kier alpha value is -2.24. The molecule has 1 aromatic rings. The van der Waals surface area contributed by atoms with Crippen LogP contribution in [0.5, 0.6) is 0 Å². The van der Waals surface area contributed by atoms with Crippen molar-refractivity contribution < 1.29 is 19.2 Å². The summed E-state index contributed by atoms with van der Waals surface area (Å²) in [5.41, 5.74) is -0.266. The Labute approximate surface area is 152 Å². The summed E-state index contributed by atoms with van der Waals surface area (Å²) < 4.78 is 5.23. The Morgan fingerprint density at radius 1 is 1.15 bits per heavy atom. The van der Waals surface area contributed by atoms with Gasteiger partial charge in [-0.1, -0.05) is 12.1 Å². The van der Waals surface area contributed by atoms with Gasteiger partial charge in [0.25, 0.3) is 5.69 Å². The number of nitro benzene ring substituents is 1. The van der Waals surface area contributed by atoms with Gasteiger partial charge in [0.15, 0.2) is 12.4 Å². The highest BCUT2D eigenvalue weighted by Crippen LogP contribution is 2.60. The Morgan fingerprint density at radius 2 is 1.73 bits per heavy atom. The van der Waals surface area contributed by atoms with Gasteiger partial charge in [-0.2, -0.15) is 0 Å². The first-order chi connectivity index (χ1) is 12.4. The van der Waals surface area contributed by atoms with E-state index < -0.39 is 10.9 Å². The zero-order valence-corrected chi connectivity index (χ0v) is 14.9. The Balaban J connectivity index is 1.46. The van der Waals surface area contributed by atoms with E-state index in [9.17, 15) is 19.7 Å². The van der Waals surface area contributed by atoms with Crippen molar-refractivity contribution in [2.75, 3.05) is 6.61 Å². The van der Waals surface area contributed by atoms with Crippen LogP contribution < -0.4 is 0 Å². The molecule has 138 valence electrons. The van der Waals surface area contributed by atoms with Crippen LogP contribution in [0.15, 0.2) is 18.2 Å². The molecule has 0 atom stereocenters. The van der Waals surface area contributed by atoms with E-state index in [1.165, 1.54) is 25.3 Å². The predicted octanol–water partition coefficient (Wildman–Crippen LogP) is 3.85. The van der Waals surface area contributed by atoms with Crippen LogP contribution in [-0.4, -0.2) is 23.3 Å². The van der Waals surface area contributed by atoms with Crippen LogP contribution in [0.3, 0.4) is 0 Å². The van der Waals surface area contributed by atoms with Crippen molar-refractivity contribution in [1.82, 2.24) is 0 Å². The standard InChI is InChI=1S/C20H23NO5/c1-12-3-2-4-16(18(12)21(24)25)19(23)26-11-17(22)20-8-13-5-14(9-20)7-15(6-13)10-20/h2-4,13-15H,5-11H2,1H3. The Kier molecular flexibility index (Phi) is 4.09. The van der Waals surface area contributed by atoms with Crippen LogP contribution in [0.25, 0.3) is 0 Å². The lowest BCUT2D eigenvalue weighted by molar-refractivity contribution is -0.385. The highest BCUT2D eigenvalue weighted by atomic mass is 16.6. The van der Waals surface area contributed by atoms with E-state index in [0.29, 0.717) is 23.3 Å². The zero-order valence-electron chi connectivity index (χ0n) is 14.9. The number of carbonyl (C=O) groups is 2. The quantitative estimate of drug-likeness (QED) is 0.454. The summed E-state index contributed by atoms with van der Waals surface area (Å²) in [4.78, 5) is 36.0. The first kappa shape index (κ1) is 17.2. The van der Waals surface area contributed by atoms with Crippen LogP contribution in [0.4, 0.5) is 5.69 Å². The summed E-state index contributed by atoms with van der Waals surface area (Å²) in [6.07, 6.45) is 6.46. The third-order valence-electron chi connectivity index (χ3n) is 6.60. The third-order valence-corrected chi connectivity index (χ3v) is 6.60. The number of carbonyl (C=O) groups excluding carboxylic acids is 2. The zero-order chi connectivity index (χ0) is 18.5. The van der Waals surface area contributed by atoms with Crippen molar-refractivity contribution in [1.29, 1.82) is 0 Å². The molecule has 0 saturated heterocycles. The molecule has 4 aliphatic carbocycles. The number of rotatable bonds is 5. The smallest absolute Gasteiger partial charge is 0.345 e. The number of nitrogens with zero attached hydrogens (tertiary/aromatic N) is 1. The number of esters is 1. The molecule has 0 aliphatic heterocycles. The average Bonchev–Trinajstić information content (AvgIpc) is 2.57. The molecule has 0 aromatic heterocycles. The molecule has 26 heavy (non-hydrogen) atoms. The van der Waals surface area contributed by atoms with E-state index in [0.717, 1.165) is 19.3 Å². The molecule has 6 nitrogen and oxygen atoms in total. The fourth-order valence-electron chi connectivity index (χ4n) is 5.88. The number of hydrogen-bond acceptors (Lipinski definition) is 5. The normalized spacial score (nSPS) is 31.7. The van der Waals surface area contributed by atoms with E-state index in [1.807, 2.05) is 0 Å². The van der Waals surface area contributed by atoms with Gasteiger partial charge in [0, 0.05) is 11.0 Å². The molecule has 0 radical (unpaired) electrons. The highest BCUT2D eigenvalue weighted by Gasteiger charge is 2.54. The molecular formula is C20H23NO5. The van der Waals surface area contributed by atoms with E-state index in [2.05, 4.69) is 0 Å². The van der Waals surface area contributed by atoms with Crippen LogP contribution in [0.2, 0.25) is 0 Å². The molecule has 0 amide bonds. The van der Waals surface area contributed by atoms with Crippen molar-refractivity contribution in [2.24, 2.45) is 23.2 Å². The topological polar surface area (TPSA) is 86.5 Å². The Bertz CT molecular complexity index is 749. The first-order valence-corrected chi connectivity index (χ1v) is 9.32. The fraction of sp³-hybridized carbons (Fsp3) is 0.600. The number of aryl methyl sites for hydroxylation is 1. The number of hydrogen-bond donors (Lipinski definition) is 0. The number of para-hydroxylation sites is 1. The third kappa shape index (κ3) is 2.81. The minimum absolute atomic E-state index is 0.000237. The lowest BCUT2D eigenvalue weighted by Gasteiger charge is -2.55. The largest absolute Gasteiger partial charge is 0.454 e. The molecule has 0 heterocycles. The van der Waals surface area contributed by atoms with E-state index in [-0.39, 0.29) is 29.1 Å². The first-order valence-electron chi connectivity index (χ1n) is 9.32. The van der Waals surface area contributed by atoms with Gasteiger partial charge >= 0.3 is 5.97 Å². The van der Waals surface area contributed by atoms with Gasteiger partial charge in [-0.3, -0.25) is 14.9 Å². The molecule has 0 spiro atoms. The molecule has 4 aliphatic rings. The molecule has 5 rings (SSSR count). The van der Waals surface area contributed by atoms with E-state index >= 15 is 0 Å². The molecule has 0 N–H and O–H groups in total. The predicted molar refractivity (Wildman–Crippen MR) is 93.7 cm³/mol. The molecule has 6 heteroatoms. The second-order valence-electron chi connectivity index (χ2n) is 8.43. The van der Waals surface area contributed by atoms with Gasteiger partial charge in [0.1, 0.15) is 5.56 Å². The summed E-state index contributed by atoms with van der Waals surface area (Å²) in [6, 6.07) is 4.54. The molecule has 4 fully saturated rings. The number of nitro groups is 1. The minimum atomic E-state index is -0.793. The van der Waals surface area contributed by atoms with Gasteiger partial charge in [0.05, 0.1) is 4.92 Å². The van der Waals surface area contributed by atoms with Crippen molar-refractivity contribution >= 4 is 17.4 Å². The highest BCUT2D eigenvalue weighted by molar-refractivity contribution is 5.96. The average molecular weight is 357 g/mol. The lowest BCUT2D eigenvalue weighted by atomic mass is 9.48. The van der Waals surface area contributed by atoms with Crippen molar-refractivity contribution in [3.05, 3.63) is 39.4 Å². The van der Waals surface area contributed by atoms with Crippen LogP contribution in [0.1, 0.15) is 54.4 Å². The molecule has 4 bridgehead atoms. The molecule has 0 unspecified atom stereocenters. The lowest BCUT2D eigenvalue weighted by Crippen LogP contribution is -2.51. The second-order valence-corrected chi connectivity index (χ2v) is 8.43. The summed E-state index contributed by atoms with van der Waals surface area (Å²) >= 11 is 0. The molecule has 1 aromatic carbocycles. The van der Waals surface area contributed by atoms with Crippen LogP contribution in [-0.2, 0) is 9.53 Å². The summed E-state index contributed by atoms with van der Waals surface area (Å²) in [5.74, 6) is 1.12. The minimum Gasteiger partial charge on any atom is -0.454 e. The summed E-state index contributed by atoms with van der Waals surface area (Å²) in [5, 5.41) is 11.2.